The van der Waals surface area contributed by atoms with Gasteiger partial charge in [-0.25, -0.2) is 0 Å². The fourth-order valence-corrected chi connectivity index (χ4v) is 5.90. The molecular formula is C22H31I3N2O3S2. The van der Waals surface area contributed by atoms with E-state index in [2.05, 4.69) is 66.2 Å². The largest absolute Gasteiger partial charge is 0.392 e. The number of rotatable bonds is 2. The van der Waals surface area contributed by atoms with Crippen LogP contribution in [0.4, 0.5) is 0 Å². The molecule has 0 amide bonds. The van der Waals surface area contributed by atoms with Crippen molar-refractivity contribution in [3.63, 3.8) is 0 Å². The molecule has 5 nitrogen and oxygen atoms in total. The maximum Gasteiger partial charge on any atom is 0.0681 e. The summed E-state index contributed by atoms with van der Waals surface area (Å²) in [6.45, 7) is 3.99. The third kappa shape index (κ3) is 9.55. The number of hydrogen-bond donors (Lipinski definition) is 2. The molecule has 2 aliphatic heterocycles. The van der Waals surface area contributed by atoms with Gasteiger partial charge < -0.3 is 20.0 Å². The molecule has 32 heavy (non-hydrogen) atoms. The normalized spacial score (nSPS) is 18.2. The molecule has 2 heterocycles. The van der Waals surface area contributed by atoms with Crippen molar-refractivity contribution in [2.24, 2.45) is 0 Å². The van der Waals surface area contributed by atoms with Crippen molar-refractivity contribution in [1.29, 1.82) is 0 Å². The van der Waals surface area contributed by atoms with E-state index >= 15 is 0 Å². The van der Waals surface area contributed by atoms with Crippen molar-refractivity contribution >= 4 is 83.8 Å². The lowest BCUT2D eigenvalue weighted by atomic mass is 10.1. The fraction of sp³-hybridized carbons (Fsp3) is 0.455. The Morgan fingerprint density at radius 2 is 1.50 bits per heavy atom. The average Bonchev–Trinajstić information content (AvgIpc) is 3.07. The number of aliphatic hydroxyl groups is 2. The maximum absolute atomic E-state index is 11.9. The predicted molar refractivity (Wildman–Crippen MR) is 163 cm³/mol. The Kier molecular flexibility index (Phi) is 16.1. The van der Waals surface area contributed by atoms with E-state index in [0.717, 1.165) is 53.5 Å². The first-order valence-electron chi connectivity index (χ1n) is 9.98. The Hall–Kier alpha value is 0.970. The van der Waals surface area contributed by atoms with Crippen LogP contribution in [0.3, 0.4) is 0 Å². The second-order valence-corrected chi connectivity index (χ2v) is 10.2. The highest BCUT2D eigenvalue weighted by atomic mass is 128. The molecule has 2 aromatic rings. The smallest absolute Gasteiger partial charge is 0.0681 e. The Labute approximate surface area is 238 Å². The van der Waals surface area contributed by atoms with Gasteiger partial charge >= 0.3 is 0 Å². The molecule has 0 radical (unpaired) electrons. The molecule has 1 atom stereocenters. The van der Waals surface area contributed by atoms with Crippen LogP contribution >= 0.6 is 73.0 Å². The Morgan fingerprint density at radius 3 is 2.16 bits per heavy atom. The summed E-state index contributed by atoms with van der Waals surface area (Å²) in [6, 6.07) is 11.9. The summed E-state index contributed by atoms with van der Waals surface area (Å²) in [5.41, 5.74) is 4.34. The summed E-state index contributed by atoms with van der Waals surface area (Å²) in [5, 5.41) is 18.1. The molecule has 1 unspecified atom stereocenters. The molecule has 0 aliphatic carbocycles. The van der Waals surface area contributed by atoms with E-state index in [1.807, 2.05) is 43.1 Å². The van der Waals surface area contributed by atoms with Crippen molar-refractivity contribution in [3.05, 3.63) is 58.7 Å². The minimum Gasteiger partial charge on any atom is -0.392 e. The van der Waals surface area contributed by atoms with Gasteiger partial charge in [-0.15, -0.1) is 35.7 Å². The minimum absolute atomic E-state index is 0. The van der Waals surface area contributed by atoms with Gasteiger partial charge in [0.2, 0.25) is 0 Å². The highest BCUT2D eigenvalue weighted by Gasteiger charge is 2.17. The third-order valence-corrected chi connectivity index (χ3v) is 7.67. The molecular weight excluding hydrogens is 785 g/mol. The van der Waals surface area contributed by atoms with Crippen LogP contribution in [-0.2, 0) is 37.1 Å². The Balaban J connectivity index is 0.000000289. The lowest BCUT2D eigenvalue weighted by Gasteiger charge is -2.13. The number of hydrogen-bond acceptors (Lipinski definition) is 6. The van der Waals surface area contributed by atoms with Gasteiger partial charge in [0.15, 0.2) is 0 Å². The second kappa shape index (κ2) is 16.6. The van der Waals surface area contributed by atoms with Crippen molar-refractivity contribution in [3.8, 4) is 0 Å². The summed E-state index contributed by atoms with van der Waals surface area (Å²) >= 11 is 6.15. The van der Waals surface area contributed by atoms with Gasteiger partial charge in [0.1, 0.15) is 0 Å². The number of benzene rings is 2. The molecule has 0 aromatic heterocycles. The van der Waals surface area contributed by atoms with E-state index in [4.69, 9.17) is 10.2 Å². The first-order valence-corrected chi connectivity index (χ1v) is 18.6. The molecule has 0 saturated carbocycles. The molecule has 180 valence electrons. The molecule has 10 heteroatoms. The number of thioether (sulfide) groups is 1. The van der Waals surface area contributed by atoms with Crippen molar-refractivity contribution in [2.45, 2.75) is 36.1 Å². The topological polar surface area (TPSA) is 64.0 Å². The van der Waals surface area contributed by atoms with E-state index < -0.39 is 10.8 Å². The van der Waals surface area contributed by atoms with Gasteiger partial charge in [-0.05, 0) is 48.5 Å². The van der Waals surface area contributed by atoms with Crippen LogP contribution in [-0.4, -0.2) is 62.9 Å². The summed E-state index contributed by atoms with van der Waals surface area (Å²) in [4.78, 5) is 6.77. The Bertz CT molecular complexity index is 874. The molecule has 4 rings (SSSR count). The summed E-state index contributed by atoms with van der Waals surface area (Å²) in [5.74, 6) is 1.85. The van der Waals surface area contributed by atoms with Gasteiger partial charge in [0, 0.05) is 84.7 Å². The lowest BCUT2D eigenvalue weighted by Crippen LogP contribution is -2.19. The standard InChI is InChI=1S/C11H15NO2S.C11H15NOS.I2.HI/c1-12-4-5-15(14)11-3-2-9(8-13)6-10(11)7-12;1-12-4-5-14-11-3-2-9(8-13)6-10(11)7-12;1-2;/h2-3,6,13H,4-5,7-8H2,1H3;2-3,6,13H,4-5,7-8H2,1H3;;1H. The highest BCUT2D eigenvalue weighted by Crippen LogP contribution is 2.27. The number of halogens is 3. The van der Waals surface area contributed by atoms with Crippen molar-refractivity contribution < 1.29 is 14.4 Å². The SMILES string of the molecule is CN1CCS(=O)c2ccc(CO)cc2C1.CN1CCSc2ccc(CO)cc2C1.I.II. The first-order chi connectivity index (χ1) is 15.0. The molecule has 2 N–H and O–H groups in total. The van der Waals surface area contributed by atoms with Crippen LogP contribution in [0.15, 0.2) is 46.2 Å². The number of fused-ring (bicyclic) bond motifs is 2. The summed E-state index contributed by atoms with van der Waals surface area (Å²) in [7, 11) is 3.28. The predicted octanol–water partition coefficient (Wildman–Crippen LogP) is 4.84. The fourth-order valence-electron chi connectivity index (χ4n) is 3.47. The summed E-state index contributed by atoms with van der Waals surface area (Å²) < 4.78 is 11.9. The Morgan fingerprint density at radius 1 is 0.938 bits per heavy atom. The van der Waals surface area contributed by atoms with Crippen LogP contribution in [0.2, 0.25) is 0 Å². The quantitative estimate of drug-likeness (QED) is 0.424. The minimum atomic E-state index is -0.887. The van der Waals surface area contributed by atoms with Crippen LogP contribution in [0, 0.1) is 0 Å². The zero-order valence-corrected chi connectivity index (χ0v) is 26.6. The third-order valence-electron chi connectivity index (χ3n) is 5.13. The maximum atomic E-state index is 11.9. The molecule has 0 fully saturated rings. The van der Waals surface area contributed by atoms with Gasteiger partial charge in [0.25, 0.3) is 0 Å². The van der Waals surface area contributed by atoms with Gasteiger partial charge in [-0.2, -0.15) is 0 Å². The van der Waals surface area contributed by atoms with Crippen molar-refractivity contribution in [1.82, 2.24) is 9.80 Å². The van der Waals surface area contributed by atoms with E-state index in [-0.39, 0.29) is 37.2 Å². The first kappa shape index (κ1) is 31.0. The van der Waals surface area contributed by atoms with Gasteiger partial charge in [-0.1, -0.05) is 24.3 Å². The second-order valence-electron chi connectivity index (χ2n) is 7.57. The molecule has 2 aliphatic rings. The van der Waals surface area contributed by atoms with E-state index in [1.54, 1.807) is 0 Å². The summed E-state index contributed by atoms with van der Waals surface area (Å²) in [6.07, 6.45) is 0. The van der Waals surface area contributed by atoms with Crippen molar-refractivity contribution in [2.75, 3.05) is 38.7 Å². The van der Waals surface area contributed by atoms with Crippen LogP contribution in [0.5, 0.6) is 0 Å². The van der Waals surface area contributed by atoms with Crippen LogP contribution in [0.25, 0.3) is 0 Å². The number of nitrogens with zero attached hydrogens (tertiary/aromatic N) is 2. The molecule has 0 saturated heterocycles. The van der Waals surface area contributed by atoms with E-state index in [9.17, 15) is 4.21 Å². The van der Waals surface area contributed by atoms with E-state index in [1.165, 1.54) is 10.5 Å². The molecule has 2 aromatic carbocycles. The lowest BCUT2D eigenvalue weighted by molar-refractivity contribution is 0.281. The van der Waals surface area contributed by atoms with Crippen LogP contribution < -0.4 is 0 Å². The van der Waals surface area contributed by atoms with E-state index in [0.29, 0.717) is 5.75 Å². The highest BCUT2D eigenvalue weighted by molar-refractivity contribution is 15.0. The zero-order chi connectivity index (χ0) is 22.8. The van der Waals surface area contributed by atoms with Gasteiger partial charge in [-0.3, -0.25) is 4.21 Å². The monoisotopic (exact) mass is 816 g/mol. The van der Waals surface area contributed by atoms with Crippen LogP contribution in [0.1, 0.15) is 22.3 Å². The van der Waals surface area contributed by atoms with Gasteiger partial charge in [0.05, 0.1) is 24.0 Å². The zero-order valence-electron chi connectivity index (χ0n) is 18.3. The molecule has 0 bridgehead atoms. The number of aliphatic hydroxyl groups excluding tert-OH is 2. The average molecular weight is 816 g/mol. The molecule has 0 spiro atoms.